The molecule has 0 saturated carbocycles. The van der Waals surface area contributed by atoms with Crippen molar-refractivity contribution in [2.45, 2.75) is 6.92 Å². The van der Waals surface area contributed by atoms with Crippen LogP contribution in [0.3, 0.4) is 0 Å². The van der Waals surface area contributed by atoms with Crippen molar-refractivity contribution in [2.24, 2.45) is 11.8 Å². The van der Waals surface area contributed by atoms with Gasteiger partial charge >= 0.3 is 5.69 Å². The van der Waals surface area contributed by atoms with E-state index in [1.807, 2.05) is 0 Å². The fourth-order valence-electron chi connectivity index (χ4n) is 2.54. The Morgan fingerprint density at radius 1 is 1.30 bits per heavy atom. The maximum Gasteiger partial charge on any atom is 0.323 e. The maximum atomic E-state index is 12.3. The minimum absolute atomic E-state index is 0.000401. The van der Waals surface area contributed by atoms with E-state index in [1.165, 1.54) is 0 Å². The number of carbonyl (C=O) groups excluding carboxylic acids is 1. The van der Waals surface area contributed by atoms with E-state index in [4.69, 9.17) is 0 Å². The molecule has 3 rings (SSSR count). The third-order valence-corrected chi connectivity index (χ3v) is 4.37. The Morgan fingerprint density at radius 2 is 2.00 bits per heavy atom. The zero-order chi connectivity index (χ0) is 14.3. The largest absolute Gasteiger partial charge is 0.325 e. The SMILES string of the molecule is CC1CNCC1C(=O)Nc1cc2[nH]c(=O)[nH]c2cc1Br. The van der Waals surface area contributed by atoms with Gasteiger partial charge in [-0.3, -0.25) is 4.79 Å². The molecule has 4 N–H and O–H groups in total. The van der Waals surface area contributed by atoms with Crippen LogP contribution in [0.5, 0.6) is 0 Å². The Bertz CT molecular complexity index is 721. The molecule has 1 aliphatic rings. The zero-order valence-electron chi connectivity index (χ0n) is 10.9. The first-order valence-electron chi connectivity index (χ1n) is 6.47. The lowest BCUT2D eigenvalue weighted by Crippen LogP contribution is -2.27. The van der Waals surface area contributed by atoms with Crippen molar-refractivity contribution >= 4 is 38.6 Å². The lowest BCUT2D eigenvalue weighted by Gasteiger charge is -2.15. The molecule has 20 heavy (non-hydrogen) atoms. The molecular weight excluding hydrogens is 324 g/mol. The Kier molecular flexibility index (Phi) is 3.39. The summed E-state index contributed by atoms with van der Waals surface area (Å²) in [7, 11) is 0. The minimum atomic E-state index is -0.260. The van der Waals surface area contributed by atoms with Gasteiger partial charge < -0.3 is 20.6 Å². The van der Waals surface area contributed by atoms with Gasteiger partial charge in [0.25, 0.3) is 0 Å². The summed E-state index contributed by atoms with van der Waals surface area (Å²) in [4.78, 5) is 28.9. The highest BCUT2D eigenvalue weighted by Crippen LogP contribution is 2.27. The van der Waals surface area contributed by atoms with Gasteiger partial charge in [-0.05, 0) is 40.5 Å². The Morgan fingerprint density at radius 3 is 2.65 bits per heavy atom. The van der Waals surface area contributed by atoms with Gasteiger partial charge in [-0.2, -0.15) is 0 Å². The number of amides is 1. The highest BCUT2D eigenvalue weighted by Gasteiger charge is 2.29. The van der Waals surface area contributed by atoms with Crippen LogP contribution in [0.25, 0.3) is 11.0 Å². The summed E-state index contributed by atoms with van der Waals surface area (Å²) in [6, 6.07) is 3.53. The number of rotatable bonds is 2. The molecule has 2 heterocycles. The van der Waals surface area contributed by atoms with Crippen LogP contribution >= 0.6 is 15.9 Å². The highest BCUT2D eigenvalue weighted by molar-refractivity contribution is 9.10. The molecule has 1 aromatic carbocycles. The number of H-pyrrole nitrogens is 2. The van der Waals surface area contributed by atoms with Gasteiger partial charge in [-0.15, -0.1) is 0 Å². The second kappa shape index (κ2) is 5.06. The summed E-state index contributed by atoms with van der Waals surface area (Å²) in [6.07, 6.45) is 0. The lowest BCUT2D eigenvalue weighted by atomic mass is 9.97. The molecule has 6 nitrogen and oxygen atoms in total. The number of anilines is 1. The summed E-state index contributed by atoms with van der Waals surface area (Å²) in [5, 5.41) is 6.13. The molecule has 1 fully saturated rings. The third kappa shape index (κ3) is 2.38. The van der Waals surface area contributed by atoms with Crippen molar-refractivity contribution in [1.82, 2.24) is 15.3 Å². The molecule has 106 valence electrons. The molecule has 7 heteroatoms. The molecule has 1 aliphatic heterocycles. The second-order valence-corrected chi connectivity index (χ2v) is 6.04. The predicted octanol–water partition coefficient (Wildman–Crippen LogP) is 1.41. The number of nitrogens with one attached hydrogen (secondary N) is 4. The first kappa shape index (κ1) is 13.4. The summed E-state index contributed by atoms with van der Waals surface area (Å²) in [5.41, 5.74) is 1.78. The smallest absolute Gasteiger partial charge is 0.323 e. The number of carbonyl (C=O) groups is 1. The van der Waals surface area contributed by atoms with Crippen molar-refractivity contribution < 1.29 is 4.79 Å². The average molecular weight is 339 g/mol. The minimum Gasteiger partial charge on any atom is -0.325 e. The van der Waals surface area contributed by atoms with Crippen LogP contribution < -0.4 is 16.3 Å². The van der Waals surface area contributed by atoms with Gasteiger partial charge in [0.05, 0.1) is 22.6 Å². The molecule has 1 aromatic heterocycles. The fraction of sp³-hybridized carbons (Fsp3) is 0.385. The van der Waals surface area contributed by atoms with Crippen LogP contribution in [0, 0.1) is 11.8 Å². The van der Waals surface area contributed by atoms with Crippen LogP contribution in [-0.4, -0.2) is 29.0 Å². The molecule has 0 bridgehead atoms. The molecule has 0 spiro atoms. The Balaban J connectivity index is 1.88. The van der Waals surface area contributed by atoms with Gasteiger partial charge in [0.2, 0.25) is 5.91 Å². The van der Waals surface area contributed by atoms with Gasteiger partial charge in [0, 0.05) is 11.0 Å². The van der Waals surface area contributed by atoms with Crippen LogP contribution in [0.4, 0.5) is 5.69 Å². The number of hydrogen-bond donors (Lipinski definition) is 4. The lowest BCUT2D eigenvalue weighted by molar-refractivity contribution is -0.120. The van der Waals surface area contributed by atoms with Crippen molar-refractivity contribution in [2.75, 3.05) is 18.4 Å². The third-order valence-electron chi connectivity index (χ3n) is 3.72. The normalized spacial score (nSPS) is 22.3. The number of fused-ring (bicyclic) bond motifs is 1. The monoisotopic (exact) mass is 338 g/mol. The standard InChI is InChI=1S/C13H15BrN4O2/c1-6-4-15-5-7(6)12(19)16-9-3-11-10(2-8(9)14)17-13(20)18-11/h2-3,6-7,15H,4-5H2,1H3,(H,16,19)(H2,17,18,20). The summed E-state index contributed by atoms with van der Waals surface area (Å²) < 4.78 is 0.743. The number of halogens is 1. The number of benzene rings is 1. The van der Waals surface area contributed by atoms with Crippen molar-refractivity contribution in [3.63, 3.8) is 0 Å². The molecule has 1 saturated heterocycles. The number of aromatic amines is 2. The molecule has 0 aliphatic carbocycles. The van der Waals surface area contributed by atoms with Crippen molar-refractivity contribution in [3.05, 3.63) is 27.1 Å². The number of aromatic nitrogens is 2. The highest BCUT2D eigenvalue weighted by atomic mass is 79.9. The molecule has 2 atom stereocenters. The van der Waals surface area contributed by atoms with E-state index >= 15 is 0 Å². The summed E-state index contributed by atoms with van der Waals surface area (Å²) >= 11 is 3.41. The molecular formula is C13H15BrN4O2. The van der Waals surface area contributed by atoms with E-state index in [2.05, 4.69) is 43.5 Å². The van der Waals surface area contributed by atoms with Gasteiger partial charge in [0.15, 0.2) is 0 Å². The Hall–Kier alpha value is -1.60. The molecule has 2 aromatic rings. The number of imidazole rings is 1. The predicted molar refractivity (Wildman–Crippen MR) is 80.8 cm³/mol. The topological polar surface area (TPSA) is 89.8 Å². The van der Waals surface area contributed by atoms with Gasteiger partial charge in [0.1, 0.15) is 0 Å². The van der Waals surface area contributed by atoms with Crippen LogP contribution in [-0.2, 0) is 4.79 Å². The first-order valence-corrected chi connectivity index (χ1v) is 7.27. The van der Waals surface area contributed by atoms with Crippen LogP contribution in [0.2, 0.25) is 0 Å². The van der Waals surface area contributed by atoms with E-state index in [0.29, 0.717) is 29.2 Å². The number of hydrogen-bond acceptors (Lipinski definition) is 3. The van der Waals surface area contributed by atoms with Crippen molar-refractivity contribution in [3.8, 4) is 0 Å². The Labute approximate surface area is 123 Å². The van der Waals surface area contributed by atoms with E-state index in [1.54, 1.807) is 12.1 Å². The molecule has 0 radical (unpaired) electrons. The van der Waals surface area contributed by atoms with Crippen LogP contribution in [0.15, 0.2) is 21.4 Å². The van der Waals surface area contributed by atoms with E-state index in [-0.39, 0.29) is 17.5 Å². The van der Waals surface area contributed by atoms with E-state index < -0.39 is 0 Å². The maximum absolute atomic E-state index is 12.3. The van der Waals surface area contributed by atoms with Crippen molar-refractivity contribution in [1.29, 1.82) is 0 Å². The quantitative estimate of drug-likeness (QED) is 0.667. The average Bonchev–Trinajstić information content (AvgIpc) is 2.94. The van der Waals surface area contributed by atoms with Gasteiger partial charge in [-0.25, -0.2) is 4.79 Å². The van der Waals surface area contributed by atoms with E-state index in [0.717, 1.165) is 11.0 Å². The molecule has 1 amide bonds. The summed E-state index contributed by atoms with van der Waals surface area (Å²) in [5.74, 6) is 0.299. The first-order chi connectivity index (χ1) is 9.54. The second-order valence-electron chi connectivity index (χ2n) is 5.19. The zero-order valence-corrected chi connectivity index (χ0v) is 12.5. The van der Waals surface area contributed by atoms with E-state index in [9.17, 15) is 9.59 Å². The summed E-state index contributed by atoms with van der Waals surface area (Å²) in [6.45, 7) is 3.63. The van der Waals surface area contributed by atoms with Gasteiger partial charge in [-0.1, -0.05) is 6.92 Å². The fourth-order valence-corrected chi connectivity index (χ4v) is 2.98. The molecule has 2 unspecified atom stereocenters. The van der Waals surface area contributed by atoms with Crippen LogP contribution in [0.1, 0.15) is 6.92 Å².